The molecule has 160 valence electrons. The second-order valence-corrected chi connectivity index (χ2v) is 9.85. The molecule has 0 bridgehead atoms. The molecule has 2 aromatic rings. The van der Waals surface area contributed by atoms with E-state index in [4.69, 9.17) is 14.2 Å². The van der Waals surface area contributed by atoms with Gasteiger partial charge >= 0.3 is 0 Å². The van der Waals surface area contributed by atoms with Crippen molar-refractivity contribution in [3.8, 4) is 5.75 Å². The molecule has 2 atom stereocenters. The van der Waals surface area contributed by atoms with E-state index in [9.17, 15) is 4.79 Å². The Balaban J connectivity index is 1.38. The predicted octanol–water partition coefficient (Wildman–Crippen LogP) is 3.89. The van der Waals surface area contributed by atoms with Crippen molar-refractivity contribution < 1.29 is 14.1 Å². The lowest BCUT2D eigenvalue weighted by molar-refractivity contribution is -0.133. The Kier molecular flexibility index (Phi) is 4.64. The minimum atomic E-state index is -0.355. The average molecular weight is 410 g/mol. The lowest BCUT2D eigenvalue weighted by atomic mass is 9.80. The van der Waals surface area contributed by atoms with Crippen molar-refractivity contribution in [3.63, 3.8) is 0 Å². The van der Waals surface area contributed by atoms with Gasteiger partial charge in [0.15, 0.2) is 5.82 Å². The predicted molar refractivity (Wildman–Crippen MR) is 112 cm³/mol. The summed E-state index contributed by atoms with van der Waals surface area (Å²) >= 11 is 0. The van der Waals surface area contributed by atoms with Crippen LogP contribution in [0.25, 0.3) is 0 Å². The molecular weight excluding hydrogens is 378 g/mol. The van der Waals surface area contributed by atoms with Crippen LogP contribution < -0.4 is 4.74 Å². The molecule has 3 fully saturated rings. The Bertz CT molecular complexity index is 931. The van der Waals surface area contributed by atoms with Crippen molar-refractivity contribution in [1.82, 2.24) is 15.0 Å². The summed E-state index contributed by atoms with van der Waals surface area (Å²) in [4.78, 5) is 20.6. The number of rotatable bonds is 6. The lowest BCUT2D eigenvalue weighted by Gasteiger charge is -2.27. The molecule has 3 aliphatic rings. The molecule has 6 nitrogen and oxygen atoms in total. The molecule has 1 aromatic heterocycles. The van der Waals surface area contributed by atoms with Gasteiger partial charge in [-0.2, -0.15) is 4.98 Å². The van der Waals surface area contributed by atoms with Crippen molar-refractivity contribution in [2.45, 2.75) is 63.2 Å². The number of benzene rings is 1. The zero-order chi connectivity index (χ0) is 20.9. The van der Waals surface area contributed by atoms with Gasteiger partial charge in [-0.05, 0) is 55.2 Å². The first kappa shape index (κ1) is 19.6. The van der Waals surface area contributed by atoms with Gasteiger partial charge in [0.05, 0.1) is 17.9 Å². The van der Waals surface area contributed by atoms with Crippen LogP contribution in [0.2, 0.25) is 0 Å². The fourth-order valence-corrected chi connectivity index (χ4v) is 5.66. The van der Waals surface area contributed by atoms with Gasteiger partial charge in [-0.1, -0.05) is 37.6 Å². The molecule has 30 heavy (non-hydrogen) atoms. The number of hydrogen-bond acceptors (Lipinski definition) is 5. The molecule has 5 rings (SSSR count). The Labute approximate surface area is 178 Å². The highest BCUT2D eigenvalue weighted by Crippen LogP contribution is 2.54. The second-order valence-electron chi connectivity index (χ2n) is 9.85. The first-order valence-electron chi connectivity index (χ1n) is 11.2. The fourth-order valence-electron chi connectivity index (χ4n) is 5.66. The van der Waals surface area contributed by atoms with E-state index >= 15 is 0 Å². The summed E-state index contributed by atoms with van der Waals surface area (Å²) in [5.41, 5.74) is 0.620. The van der Waals surface area contributed by atoms with Gasteiger partial charge in [0.2, 0.25) is 11.8 Å². The number of methoxy groups -OCH3 is 1. The molecule has 2 saturated carbocycles. The largest absolute Gasteiger partial charge is 0.497 e. The quantitative estimate of drug-likeness (QED) is 0.724. The van der Waals surface area contributed by atoms with Crippen LogP contribution in [-0.2, 0) is 22.0 Å². The average Bonchev–Trinajstić information content (AvgIpc) is 3.05. The number of ether oxygens (including phenoxy) is 1. The zero-order valence-electron chi connectivity index (χ0n) is 18.2. The van der Waals surface area contributed by atoms with Gasteiger partial charge in [0.1, 0.15) is 5.75 Å². The third-order valence-electron chi connectivity index (χ3n) is 7.46. The molecule has 2 aliphatic carbocycles. The van der Waals surface area contributed by atoms with Crippen LogP contribution in [0.3, 0.4) is 0 Å². The number of nitrogens with zero attached hydrogens (tertiary/aromatic N) is 3. The molecule has 1 aliphatic heterocycles. The lowest BCUT2D eigenvalue weighted by Crippen LogP contribution is -2.40. The summed E-state index contributed by atoms with van der Waals surface area (Å²) in [5.74, 6) is 3.55. The number of likely N-dealkylation sites (tertiary alicyclic amines) is 1. The minimum absolute atomic E-state index is 0.135. The summed E-state index contributed by atoms with van der Waals surface area (Å²) in [6.45, 7) is 5.84. The summed E-state index contributed by atoms with van der Waals surface area (Å²) in [5, 5.41) is 4.40. The first-order valence-corrected chi connectivity index (χ1v) is 11.2. The number of hydrogen-bond donors (Lipinski definition) is 0. The molecule has 6 heteroatoms. The highest BCUT2D eigenvalue weighted by molar-refractivity contribution is 5.91. The molecule has 0 N–H and O–H groups in total. The summed E-state index contributed by atoms with van der Waals surface area (Å²) in [6.07, 6.45) is 5.99. The highest BCUT2D eigenvalue weighted by Gasteiger charge is 2.59. The van der Waals surface area contributed by atoms with Crippen LogP contribution in [0.5, 0.6) is 5.75 Å². The van der Waals surface area contributed by atoms with Gasteiger partial charge in [0, 0.05) is 19.5 Å². The number of carbonyl (C=O) groups excluding carboxylic acids is 1. The zero-order valence-corrected chi connectivity index (χ0v) is 18.2. The molecule has 0 unspecified atom stereocenters. The molecule has 0 spiro atoms. The van der Waals surface area contributed by atoms with E-state index in [1.165, 1.54) is 6.42 Å². The number of fused-ring (bicyclic) bond motifs is 1. The van der Waals surface area contributed by atoms with E-state index in [2.05, 4.69) is 23.9 Å². The van der Waals surface area contributed by atoms with Crippen LogP contribution in [0, 0.1) is 11.8 Å². The second kappa shape index (κ2) is 7.10. The molecule has 1 amide bonds. The molecule has 0 radical (unpaired) electrons. The topological polar surface area (TPSA) is 68.5 Å². The van der Waals surface area contributed by atoms with E-state index in [-0.39, 0.29) is 16.7 Å². The van der Waals surface area contributed by atoms with Gasteiger partial charge in [-0.3, -0.25) is 4.79 Å². The van der Waals surface area contributed by atoms with E-state index in [0.717, 1.165) is 68.2 Å². The van der Waals surface area contributed by atoms with Crippen molar-refractivity contribution in [2.75, 3.05) is 20.2 Å². The third kappa shape index (κ3) is 3.03. The maximum atomic E-state index is 13.7. The standard InChI is InChI=1S/C24H31N3O3/c1-16(2)13-20-25-21(26-30-20)24-10-4-5-18(24)14-27(15-24)22(28)23(11-12-23)17-6-8-19(29-3)9-7-17/h6-9,16,18H,4-5,10-15H2,1-3H3/t18-,24-/m1/s1. The SMILES string of the molecule is COc1ccc(C2(C(=O)N3C[C@H]4CCC[C@@]4(c4noc(CC(C)C)n4)C3)CC2)cc1. The van der Waals surface area contributed by atoms with Gasteiger partial charge in [-0.25, -0.2) is 0 Å². The maximum Gasteiger partial charge on any atom is 0.233 e. The van der Waals surface area contributed by atoms with Crippen LogP contribution in [-0.4, -0.2) is 41.1 Å². The first-order chi connectivity index (χ1) is 14.5. The number of aromatic nitrogens is 2. The Morgan fingerprint density at radius 1 is 1.27 bits per heavy atom. The van der Waals surface area contributed by atoms with Gasteiger partial charge < -0.3 is 14.2 Å². The monoisotopic (exact) mass is 409 g/mol. The van der Waals surface area contributed by atoms with Crippen LogP contribution >= 0.6 is 0 Å². The van der Waals surface area contributed by atoms with Crippen molar-refractivity contribution in [1.29, 1.82) is 0 Å². The van der Waals surface area contributed by atoms with Crippen molar-refractivity contribution in [2.24, 2.45) is 11.8 Å². The van der Waals surface area contributed by atoms with E-state index in [1.807, 2.05) is 24.3 Å². The fraction of sp³-hybridized carbons (Fsp3) is 0.625. The molecule has 2 heterocycles. The summed E-state index contributed by atoms with van der Waals surface area (Å²) < 4.78 is 10.9. The van der Waals surface area contributed by atoms with Crippen LogP contribution in [0.15, 0.2) is 28.8 Å². The third-order valence-corrected chi connectivity index (χ3v) is 7.46. The molecular formula is C24H31N3O3. The summed E-state index contributed by atoms with van der Waals surface area (Å²) in [7, 11) is 1.67. The Morgan fingerprint density at radius 3 is 2.70 bits per heavy atom. The Hall–Kier alpha value is -2.37. The van der Waals surface area contributed by atoms with E-state index in [0.29, 0.717) is 11.8 Å². The number of amides is 1. The van der Waals surface area contributed by atoms with Crippen LogP contribution in [0.1, 0.15) is 63.2 Å². The van der Waals surface area contributed by atoms with Gasteiger partial charge in [0.25, 0.3) is 0 Å². The van der Waals surface area contributed by atoms with Crippen molar-refractivity contribution in [3.05, 3.63) is 41.5 Å². The maximum absolute atomic E-state index is 13.7. The van der Waals surface area contributed by atoms with E-state index in [1.54, 1.807) is 7.11 Å². The van der Waals surface area contributed by atoms with E-state index < -0.39 is 0 Å². The van der Waals surface area contributed by atoms with Crippen LogP contribution in [0.4, 0.5) is 0 Å². The van der Waals surface area contributed by atoms with Crippen molar-refractivity contribution >= 4 is 5.91 Å². The highest BCUT2D eigenvalue weighted by atomic mass is 16.5. The molecule has 1 saturated heterocycles. The smallest absolute Gasteiger partial charge is 0.233 e. The van der Waals surface area contributed by atoms with Gasteiger partial charge in [-0.15, -0.1) is 0 Å². The normalized spacial score (nSPS) is 26.8. The molecule has 1 aromatic carbocycles. The number of carbonyl (C=O) groups is 1. The minimum Gasteiger partial charge on any atom is -0.497 e. The Morgan fingerprint density at radius 2 is 2.03 bits per heavy atom. The summed E-state index contributed by atoms with van der Waals surface area (Å²) in [6, 6.07) is 8.01.